The first-order valence-corrected chi connectivity index (χ1v) is 7.96. The highest BCUT2D eigenvalue weighted by molar-refractivity contribution is 6.11. The van der Waals surface area contributed by atoms with Gasteiger partial charge >= 0.3 is 0 Å². The van der Waals surface area contributed by atoms with Gasteiger partial charge in [0.05, 0.1) is 16.6 Å². The van der Waals surface area contributed by atoms with Crippen LogP contribution in [0.3, 0.4) is 0 Å². The summed E-state index contributed by atoms with van der Waals surface area (Å²) in [6.45, 7) is 0. The second-order valence-corrected chi connectivity index (χ2v) is 5.64. The van der Waals surface area contributed by atoms with Gasteiger partial charge in [-0.05, 0) is 30.3 Å². The maximum absolute atomic E-state index is 13.3. The second-order valence-electron chi connectivity index (χ2n) is 5.64. The van der Waals surface area contributed by atoms with Gasteiger partial charge in [0.2, 0.25) is 11.9 Å². The summed E-state index contributed by atoms with van der Waals surface area (Å²) < 4.78 is 13.3. The average molecular weight is 364 g/mol. The monoisotopic (exact) mass is 364 g/mol. The van der Waals surface area contributed by atoms with Crippen molar-refractivity contribution >= 4 is 34.7 Å². The van der Waals surface area contributed by atoms with Gasteiger partial charge < -0.3 is 9.97 Å². The number of hydrogen-bond donors (Lipinski definition) is 4. The first kappa shape index (κ1) is 16.5. The molecule has 2 aromatic heterocycles. The molecule has 2 heterocycles. The summed E-state index contributed by atoms with van der Waals surface area (Å²) in [5, 5.41) is 5.19. The van der Waals surface area contributed by atoms with Crippen LogP contribution in [0.4, 0.5) is 16.3 Å². The molecule has 0 bridgehead atoms. The molecule has 0 spiro atoms. The Morgan fingerprint density at radius 3 is 2.59 bits per heavy atom. The fourth-order valence-corrected chi connectivity index (χ4v) is 2.60. The van der Waals surface area contributed by atoms with E-state index in [1.54, 1.807) is 24.4 Å². The van der Waals surface area contributed by atoms with Gasteiger partial charge in [0.25, 0.3) is 11.8 Å². The standard InChI is InChI=1S/C18H13FN6O2/c19-11-4-1-3-10(9-11)15(26)24-18-22-13-6-2-5-12(14(13)23-18)16(27)25-17-20-7-8-21-17/h1-9H,(H2,20,21,25,27)(H2,22,23,24,26). The molecule has 0 fully saturated rings. The number of benzene rings is 2. The topological polar surface area (TPSA) is 116 Å². The van der Waals surface area contributed by atoms with Crippen molar-refractivity contribution in [2.45, 2.75) is 0 Å². The molecule has 0 aliphatic rings. The predicted octanol–water partition coefficient (Wildman–Crippen LogP) is 2.93. The highest BCUT2D eigenvalue weighted by Gasteiger charge is 2.16. The Balaban J connectivity index is 1.60. The fourth-order valence-electron chi connectivity index (χ4n) is 2.60. The van der Waals surface area contributed by atoms with Gasteiger partial charge in [-0.25, -0.2) is 14.4 Å². The molecule has 134 valence electrons. The van der Waals surface area contributed by atoms with Crippen LogP contribution in [0.5, 0.6) is 0 Å². The van der Waals surface area contributed by atoms with Gasteiger partial charge in [-0.2, -0.15) is 0 Å². The van der Waals surface area contributed by atoms with Crippen LogP contribution >= 0.6 is 0 Å². The number of H-pyrrole nitrogens is 2. The number of aromatic amines is 2. The third kappa shape index (κ3) is 3.38. The molecule has 0 saturated heterocycles. The number of fused-ring (bicyclic) bond motifs is 1. The minimum Gasteiger partial charge on any atom is -0.331 e. The summed E-state index contributed by atoms with van der Waals surface area (Å²) >= 11 is 0. The number of nitrogens with one attached hydrogen (secondary N) is 4. The predicted molar refractivity (Wildman–Crippen MR) is 97.0 cm³/mol. The molecule has 0 aliphatic heterocycles. The van der Waals surface area contributed by atoms with Gasteiger partial charge in [0, 0.05) is 18.0 Å². The second kappa shape index (κ2) is 6.71. The summed E-state index contributed by atoms with van der Waals surface area (Å²) in [4.78, 5) is 38.6. The van der Waals surface area contributed by atoms with E-state index in [-0.39, 0.29) is 17.4 Å². The molecular weight excluding hydrogens is 351 g/mol. The normalized spacial score (nSPS) is 10.7. The molecule has 4 aromatic rings. The summed E-state index contributed by atoms with van der Waals surface area (Å²) in [6, 6.07) is 10.3. The van der Waals surface area contributed by atoms with E-state index < -0.39 is 11.7 Å². The lowest BCUT2D eigenvalue weighted by Gasteiger charge is -2.03. The molecule has 9 heteroatoms. The van der Waals surface area contributed by atoms with E-state index >= 15 is 0 Å². The highest BCUT2D eigenvalue weighted by Crippen LogP contribution is 2.20. The molecule has 4 N–H and O–H groups in total. The number of hydrogen-bond acceptors (Lipinski definition) is 4. The lowest BCUT2D eigenvalue weighted by Crippen LogP contribution is -2.14. The van der Waals surface area contributed by atoms with Crippen molar-refractivity contribution in [1.29, 1.82) is 0 Å². The van der Waals surface area contributed by atoms with Crippen molar-refractivity contribution < 1.29 is 14.0 Å². The third-order valence-electron chi connectivity index (χ3n) is 3.81. The van der Waals surface area contributed by atoms with Crippen LogP contribution in [-0.4, -0.2) is 31.8 Å². The third-order valence-corrected chi connectivity index (χ3v) is 3.81. The van der Waals surface area contributed by atoms with Crippen LogP contribution < -0.4 is 10.6 Å². The maximum Gasteiger partial charge on any atom is 0.260 e. The smallest absolute Gasteiger partial charge is 0.260 e. The lowest BCUT2D eigenvalue weighted by molar-refractivity contribution is 0.101. The van der Waals surface area contributed by atoms with Gasteiger partial charge in [-0.3, -0.25) is 20.2 Å². The Morgan fingerprint density at radius 1 is 1.00 bits per heavy atom. The Bertz CT molecular complexity index is 1140. The zero-order valence-corrected chi connectivity index (χ0v) is 13.8. The zero-order valence-electron chi connectivity index (χ0n) is 13.8. The molecule has 0 atom stereocenters. The van der Waals surface area contributed by atoms with E-state index in [9.17, 15) is 14.0 Å². The van der Waals surface area contributed by atoms with Crippen LogP contribution in [0.15, 0.2) is 54.9 Å². The number of aromatic nitrogens is 4. The molecule has 2 amide bonds. The van der Waals surface area contributed by atoms with Crippen LogP contribution in [0, 0.1) is 5.82 Å². The summed E-state index contributed by atoms with van der Waals surface area (Å²) in [6.07, 6.45) is 3.11. The van der Waals surface area contributed by atoms with Gasteiger partial charge in [-0.15, -0.1) is 0 Å². The summed E-state index contributed by atoms with van der Waals surface area (Å²) in [5.41, 5.74) is 1.45. The molecule has 4 rings (SSSR count). The number of halogens is 1. The first-order valence-electron chi connectivity index (χ1n) is 7.96. The first-order chi connectivity index (χ1) is 13.1. The number of carbonyl (C=O) groups excluding carboxylic acids is 2. The largest absolute Gasteiger partial charge is 0.331 e. The molecular formula is C18H13FN6O2. The molecule has 2 aromatic carbocycles. The molecule has 8 nitrogen and oxygen atoms in total. The quantitative estimate of drug-likeness (QED) is 0.445. The highest BCUT2D eigenvalue weighted by atomic mass is 19.1. The van der Waals surface area contributed by atoms with Gasteiger partial charge in [0.15, 0.2) is 0 Å². The molecule has 0 aliphatic carbocycles. The Labute approximate surface area is 151 Å². The fraction of sp³-hybridized carbons (Fsp3) is 0. The van der Waals surface area contributed by atoms with E-state index in [1.165, 1.54) is 24.4 Å². The van der Waals surface area contributed by atoms with E-state index in [1.807, 2.05) is 0 Å². The number of amides is 2. The maximum atomic E-state index is 13.3. The number of rotatable bonds is 4. The van der Waals surface area contributed by atoms with Crippen LogP contribution in [0.1, 0.15) is 20.7 Å². The minimum absolute atomic E-state index is 0.150. The summed E-state index contributed by atoms with van der Waals surface area (Å²) in [7, 11) is 0. The lowest BCUT2D eigenvalue weighted by atomic mass is 10.2. The van der Waals surface area contributed by atoms with Crippen molar-refractivity contribution in [2.75, 3.05) is 10.6 Å². The number of carbonyl (C=O) groups is 2. The summed E-state index contributed by atoms with van der Waals surface area (Å²) in [5.74, 6) is -0.949. The average Bonchev–Trinajstić information content (AvgIpc) is 3.30. The van der Waals surface area contributed by atoms with Crippen molar-refractivity contribution in [3.63, 3.8) is 0 Å². The Morgan fingerprint density at radius 2 is 1.81 bits per heavy atom. The van der Waals surface area contributed by atoms with Crippen molar-refractivity contribution in [3.05, 3.63) is 71.8 Å². The number of anilines is 2. The van der Waals surface area contributed by atoms with E-state index in [4.69, 9.17) is 0 Å². The number of nitrogens with zero attached hydrogens (tertiary/aromatic N) is 2. The van der Waals surface area contributed by atoms with E-state index in [0.29, 0.717) is 22.5 Å². The minimum atomic E-state index is -0.518. The Kier molecular flexibility index (Phi) is 4.09. The van der Waals surface area contributed by atoms with Crippen molar-refractivity contribution in [2.24, 2.45) is 0 Å². The SMILES string of the molecule is O=C(Nc1nc2cccc(C(=O)Nc3ncc[nH]3)c2[nH]1)c1cccc(F)c1. The van der Waals surface area contributed by atoms with Crippen LogP contribution in [-0.2, 0) is 0 Å². The van der Waals surface area contributed by atoms with Crippen LogP contribution in [0.25, 0.3) is 11.0 Å². The molecule has 0 radical (unpaired) electrons. The number of para-hydroxylation sites is 1. The number of imidazole rings is 2. The van der Waals surface area contributed by atoms with Crippen molar-refractivity contribution in [3.8, 4) is 0 Å². The van der Waals surface area contributed by atoms with E-state index in [2.05, 4.69) is 30.6 Å². The van der Waals surface area contributed by atoms with Gasteiger partial charge in [0.1, 0.15) is 5.82 Å². The van der Waals surface area contributed by atoms with E-state index in [0.717, 1.165) is 6.07 Å². The van der Waals surface area contributed by atoms with Crippen molar-refractivity contribution in [1.82, 2.24) is 19.9 Å². The molecule has 27 heavy (non-hydrogen) atoms. The molecule has 0 saturated carbocycles. The molecule has 0 unspecified atom stereocenters. The van der Waals surface area contributed by atoms with Gasteiger partial charge in [-0.1, -0.05) is 12.1 Å². The Hall–Kier alpha value is -4.01. The zero-order chi connectivity index (χ0) is 18.8. The van der Waals surface area contributed by atoms with Crippen LogP contribution in [0.2, 0.25) is 0 Å².